The minimum atomic E-state index is -0.0539. The fraction of sp³-hybridized carbons (Fsp3) is 0.200. The van der Waals surface area contributed by atoms with Gasteiger partial charge in [-0.05, 0) is 17.7 Å². The van der Waals surface area contributed by atoms with Gasteiger partial charge in [0.15, 0.2) is 0 Å². The number of thiazole rings is 1. The first kappa shape index (κ1) is 14.1. The van der Waals surface area contributed by atoms with E-state index in [1.165, 1.54) is 6.92 Å². The van der Waals surface area contributed by atoms with Crippen molar-refractivity contribution in [3.05, 3.63) is 44.9 Å². The average Bonchev–Trinajstić information content (AvgIpc) is 2.85. The quantitative estimate of drug-likeness (QED) is 0.669. The molecule has 0 aliphatic carbocycles. The van der Waals surface area contributed by atoms with Crippen LogP contribution in [0.15, 0.2) is 34.4 Å². The third kappa shape index (κ3) is 4.11. The van der Waals surface area contributed by atoms with Crippen molar-refractivity contribution in [3.8, 4) is 23.1 Å². The van der Waals surface area contributed by atoms with Crippen LogP contribution >= 0.6 is 11.3 Å². The van der Waals surface area contributed by atoms with E-state index in [0.717, 1.165) is 28.2 Å². The maximum absolute atomic E-state index is 11.1. The molecule has 0 aliphatic rings. The van der Waals surface area contributed by atoms with Gasteiger partial charge in [0.1, 0.15) is 0 Å². The summed E-state index contributed by atoms with van der Waals surface area (Å²) in [7, 11) is 0. The molecule has 0 bridgehead atoms. The van der Waals surface area contributed by atoms with Crippen LogP contribution in [0.4, 0.5) is 0 Å². The summed E-state index contributed by atoms with van der Waals surface area (Å²) in [6.45, 7) is 2.05. The van der Waals surface area contributed by atoms with Gasteiger partial charge in [-0.1, -0.05) is 35.3 Å². The van der Waals surface area contributed by atoms with Crippen LogP contribution in [0.25, 0.3) is 11.3 Å². The molecule has 1 aromatic heterocycles. The van der Waals surface area contributed by atoms with Gasteiger partial charge in [-0.25, -0.2) is 0 Å². The Hall–Kier alpha value is -2.32. The molecule has 0 aliphatic heterocycles. The van der Waals surface area contributed by atoms with Crippen molar-refractivity contribution in [1.29, 1.82) is 0 Å². The zero-order valence-corrected chi connectivity index (χ0v) is 11.8. The Balaban J connectivity index is 1.97. The number of hydrogen-bond donors (Lipinski definition) is 2. The number of hydrogen-bond acceptors (Lipinski definition) is 3. The number of aromatic nitrogens is 1. The fourth-order valence-electron chi connectivity index (χ4n) is 1.62. The second kappa shape index (κ2) is 6.73. The summed E-state index contributed by atoms with van der Waals surface area (Å²) in [6, 6.07) is 7.68. The van der Waals surface area contributed by atoms with E-state index in [0.29, 0.717) is 13.0 Å². The van der Waals surface area contributed by atoms with Crippen LogP contribution in [-0.2, 0) is 4.79 Å². The van der Waals surface area contributed by atoms with Gasteiger partial charge in [-0.15, -0.1) is 0 Å². The molecule has 2 N–H and O–H groups in total. The van der Waals surface area contributed by atoms with E-state index >= 15 is 0 Å². The van der Waals surface area contributed by atoms with E-state index in [1.807, 2.05) is 24.3 Å². The Morgan fingerprint density at radius 3 is 2.70 bits per heavy atom. The van der Waals surface area contributed by atoms with Crippen LogP contribution < -0.4 is 10.2 Å². The van der Waals surface area contributed by atoms with Crippen molar-refractivity contribution in [2.45, 2.75) is 13.3 Å². The van der Waals surface area contributed by atoms with Crippen LogP contribution in [-0.4, -0.2) is 17.4 Å². The largest absolute Gasteiger partial charge is 0.355 e. The first-order valence-electron chi connectivity index (χ1n) is 6.17. The number of carbonyl (C=O) groups excluding carboxylic acids is 1. The van der Waals surface area contributed by atoms with Gasteiger partial charge < -0.3 is 10.3 Å². The van der Waals surface area contributed by atoms with Gasteiger partial charge in [-0.3, -0.25) is 9.59 Å². The standard InChI is InChI=1S/C15H14N2O2S/c1-11(18)16-9-3-2-4-12-5-7-13(8-6-12)14-10-20-15(19)17-14/h5-8,10H,3,9H2,1H3,(H,16,18)(H,17,19). The first-order chi connectivity index (χ1) is 9.65. The highest BCUT2D eigenvalue weighted by molar-refractivity contribution is 7.07. The average molecular weight is 286 g/mol. The van der Waals surface area contributed by atoms with E-state index in [-0.39, 0.29) is 10.8 Å². The summed E-state index contributed by atoms with van der Waals surface area (Å²) in [5.74, 6) is 5.99. The van der Waals surface area contributed by atoms with Crippen molar-refractivity contribution in [2.24, 2.45) is 0 Å². The van der Waals surface area contributed by atoms with Gasteiger partial charge in [0.2, 0.25) is 5.91 Å². The zero-order chi connectivity index (χ0) is 14.4. The smallest absolute Gasteiger partial charge is 0.304 e. The van der Waals surface area contributed by atoms with Gasteiger partial charge in [0.25, 0.3) is 0 Å². The minimum absolute atomic E-state index is 0.0408. The van der Waals surface area contributed by atoms with Gasteiger partial charge in [0, 0.05) is 30.8 Å². The molecule has 2 aromatic rings. The molecular formula is C15H14N2O2S. The Morgan fingerprint density at radius 2 is 2.10 bits per heavy atom. The van der Waals surface area contributed by atoms with Gasteiger partial charge in [0.05, 0.1) is 5.69 Å². The Kier molecular flexibility index (Phi) is 4.75. The number of aromatic amines is 1. The first-order valence-corrected chi connectivity index (χ1v) is 7.04. The van der Waals surface area contributed by atoms with Crippen molar-refractivity contribution in [3.63, 3.8) is 0 Å². The lowest BCUT2D eigenvalue weighted by Crippen LogP contribution is -2.20. The summed E-state index contributed by atoms with van der Waals surface area (Å²) >= 11 is 1.15. The number of rotatable bonds is 3. The van der Waals surface area contributed by atoms with E-state index in [4.69, 9.17) is 0 Å². The highest BCUT2D eigenvalue weighted by atomic mass is 32.1. The van der Waals surface area contributed by atoms with Crippen molar-refractivity contribution < 1.29 is 4.79 Å². The SMILES string of the molecule is CC(=O)NCCC#Cc1ccc(-c2csc(=O)[nH]2)cc1. The number of H-pyrrole nitrogens is 1. The molecule has 0 fully saturated rings. The number of carbonyl (C=O) groups is 1. The number of amides is 1. The molecule has 0 radical (unpaired) electrons. The summed E-state index contributed by atoms with van der Waals surface area (Å²) in [6.07, 6.45) is 0.624. The lowest BCUT2D eigenvalue weighted by Gasteiger charge is -1.97. The third-order valence-electron chi connectivity index (χ3n) is 2.57. The van der Waals surface area contributed by atoms with Gasteiger partial charge in [-0.2, -0.15) is 0 Å². The topological polar surface area (TPSA) is 62.0 Å². The minimum Gasteiger partial charge on any atom is -0.355 e. The Bertz CT molecular complexity index is 702. The molecule has 1 aromatic carbocycles. The molecule has 2 rings (SSSR count). The lowest BCUT2D eigenvalue weighted by atomic mass is 10.1. The normalized spacial score (nSPS) is 9.65. The van der Waals surface area contributed by atoms with Crippen LogP contribution in [0.1, 0.15) is 18.9 Å². The summed E-state index contributed by atoms with van der Waals surface area (Å²) in [5.41, 5.74) is 2.70. The van der Waals surface area contributed by atoms with E-state index in [2.05, 4.69) is 22.1 Å². The van der Waals surface area contributed by atoms with Crippen LogP contribution in [0.2, 0.25) is 0 Å². The Labute approximate surface area is 120 Å². The maximum Gasteiger partial charge on any atom is 0.304 e. The molecule has 0 saturated heterocycles. The summed E-state index contributed by atoms with van der Waals surface area (Å²) in [4.78, 5) is 24.5. The fourth-order valence-corrected chi connectivity index (χ4v) is 2.21. The summed E-state index contributed by atoms with van der Waals surface area (Å²) < 4.78 is 0. The summed E-state index contributed by atoms with van der Waals surface area (Å²) in [5, 5.41) is 4.49. The molecule has 0 spiro atoms. The predicted molar refractivity (Wildman–Crippen MR) is 80.6 cm³/mol. The third-order valence-corrected chi connectivity index (χ3v) is 3.24. The van der Waals surface area contributed by atoms with Gasteiger partial charge >= 0.3 is 4.87 Å². The van der Waals surface area contributed by atoms with Crippen molar-refractivity contribution in [2.75, 3.05) is 6.54 Å². The second-order valence-electron chi connectivity index (χ2n) is 4.17. The van der Waals surface area contributed by atoms with E-state index in [1.54, 1.807) is 5.38 Å². The molecule has 1 heterocycles. The number of nitrogens with one attached hydrogen (secondary N) is 2. The van der Waals surface area contributed by atoms with Crippen molar-refractivity contribution in [1.82, 2.24) is 10.3 Å². The molecule has 0 unspecified atom stereocenters. The molecule has 4 nitrogen and oxygen atoms in total. The highest BCUT2D eigenvalue weighted by Crippen LogP contribution is 2.17. The van der Waals surface area contributed by atoms with Crippen molar-refractivity contribution >= 4 is 17.2 Å². The number of benzene rings is 1. The molecule has 5 heteroatoms. The van der Waals surface area contributed by atoms with Crippen LogP contribution in [0, 0.1) is 11.8 Å². The maximum atomic E-state index is 11.1. The molecule has 0 atom stereocenters. The second-order valence-corrected chi connectivity index (χ2v) is 5.02. The van der Waals surface area contributed by atoms with E-state index in [9.17, 15) is 9.59 Å². The lowest BCUT2D eigenvalue weighted by molar-refractivity contribution is -0.118. The molecular weight excluding hydrogens is 272 g/mol. The van der Waals surface area contributed by atoms with E-state index < -0.39 is 0 Å². The zero-order valence-electron chi connectivity index (χ0n) is 11.0. The molecule has 0 saturated carbocycles. The molecule has 102 valence electrons. The Morgan fingerprint density at radius 1 is 1.35 bits per heavy atom. The highest BCUT2D eigenvalue weighted by Gasteiger charge is 1.99. The van der Waals surface area contributed by atoms with Crippen LogP contribution in [0.5, 0.6) is 0 Å². The molecule has 1 amide bonds. The monoisotopic (exact) mass is 286 g/mol. The molecule has 20 heavy (non-hydrogen) atoms. The van der Waals surface area contributed by atoms with Crippen LogP contribution in [0.3, 0.4) is 0 Å². The predicted octanol–water partition coefficient (Wildman–Crippen LogP) is 1.98.